The van der Waals surface area contributed by atoms with Crippen LogP contribution in [0.2, 0.25) is 0 Å². The zero-order valence-electron chi connectivity index (χ0n) is 14.9. The van der Waals surface area contributed by atoms with Gasteiger partial charge in [0.05, 0.1) is 24.7 Å². The molecule has 3 aromatic rings. The summed E-state index contributed by atoms with van der Waals surface area (Å²) in [5.41, 5.74) is 1.92. The molecule has 9 heteroatoms. The Bertz CT molecular complexity index is 973. The average Bonchev–Trinajstić information content (AvgIpc) is 3.26. The summed E-state index contributed by atoms with van der Waals surface area (Å²) in [5.74, 6) is 0.812. The molecule has 138 valence electrons. The van der Waals surface area contributed by atoms with E-state index in [4.69, 9.17) is 4.74 Å². The van der Waals surface area contributed by atoms with Crippen LogP contribution in [-0.4, -0.2) is 51.0 Å². The first-order chi connectivity index (χ1) is 13.2. The minimum Gasteiger partial charge on any atom is -0.467 e. The van der Waals surface area contributed by atoms with E-state index in [1.54, 1.807) is 30.6 Å². The first-order valence-electron chi connectivity index (χ1n) is 8.76. The molecule has 0 unspecified atom stereocenters. The lowest BCUT2D eigenvalue weighted by Crippen LogP contribution is -2.26. The van der Waals surface area contributed by atoms with Crippen molar-refractivity contribution in [1.29, 1.82) is 0 Å². The molecule has 1 saturated heterocycles. The Morgan fingerprint density at radius 1 is 1.11 bits per heavy atom. The van der Waals surface area contributed by atoms with Gasteiger partial charge in [0.25, 0.3) is 5.91 Å². The molecule has 4 rings (SSSR count). The molecule has 1 fully saturated rings. The molecule has 1 amide bonds. The molecule has 3 heterocycles. The van der Waals surface area contributed by atoms with Gasteiger partial charge in [0.1, 0.15) is 0 Å². The van der Waals surface area contributed by atoms with E-state index >= 15 is 0 Å². The van der Waals surface area contributed by atoms with E-state index in [1.807, 2.05) is 0 Å². The normalized spacial score (nSPS) is 13.7. The van der Waals surface area contributed by atoms with Gasteiger partial charge in [-0.25, -0.2) is 0 Å². The van der Waals surface area contributed by atoms with Gasteiger partial charge in [0, 0.05) is 31.0 Å². The van der Waals surface area contributed by atoms with Crippen LogP contribution in [0.1, 0.15) is 29.0 Å². The molecular weight excluding hydrogens is 346 g/mol. The van der Waals surface area contributed by atoms with Crippen molar-refractivity contribution in [3.8, 4) is 6.01 Å². The topological polar surface area (TPSA) is 106 Å². The Labute approximate surface area is 155 Å². The third-order valence-corrected chi connectivity index (χ3v) is 4.36. The maximum Gasteiger partial charge on any atom is 0.321 e. The number of ether oxygens (including phenoxy) is 1. The second-order valence-electron chi connectivity index (χ2n) is 6.18. The maximum atomic E-state index is 12.5. The van der Waals surface area contributed by atoms with Crippen LogP contribution >= 0.6 is 0 Å². The van der Waals surface area contributed by atoms with Gasteiger partial charge in [0.2, 0.25) is 5.95 Å². The smallest absolute Gasteiger partial charge is 0.321 e. The van der Waals surface area contributed by atoms with Gasteiger partial charge in [-0.15, -0.1) is 0 Å². The molecule has 0 radical (unpaired) electrons. The summed E-state index contributed by atoms with van der Waals surface area (Å²) in [6.45, 7) is 2.01. The predicted octanol–water partition coefficient (Wildman–Crippen LogP) is 1.35. The standard InChI is InChI=1S/C18H19N7O2/c1-27-18-23-15(22-17(24-18)25-8-2-3-9-25)11-21-16(26)12-4-5-13-14(10-12)20-7-6-19-13/h4-7,10H,2-3,8-9,11H2,1H3,(H,21,26). The summed E-state index contributed by atoms with van der Waals surface area (Å²) in [5, 5.41) is 2.84. The number of rotatable bonds is 5. The highest BCUT2D eigenvalue weighted by atomic mass is 16.5. The fourth-order valence-electron chi connectivity index (χ4n) is 2.98. The molecule has 1 aliphatic heterocycles. The predicted molar refractivity (Wildman–Crippen MR) is 98.5 cm³/mol. The highest BCUT2D eigenvalue weighted by Gasteiger charge is 2.18. The van der Waals surface area contributed by atoms with Gasteiger partial charge in [-0.05, 0) is 31.0 Å². The molecule has 1 aliphatic rings. The van der Waals surface area contributed by atoms with Crippen LogP contribution < -0.4 is 15.0 Å². The summed E-state index contributed by atoms with van der Waals surface area (Å²) in [7, 11) is 1.52. The fourth-order valence-corrected chi connectivity index (χ4v) is 2.98. The van der Waals surface area contributed by atoms with Crippen molar-refractivity contribution < 1.29 is 9.53 Å². The number of nitrogens with zero attached hydrogens (tertiary/aromatic N) is 6. The lowest BCUT2D eigenvalue weighted by molar-refractivity contribution is 0.0950. The van der Waals surface area contributed by atoms with Crippen LogP contribution in [-0.2, 0) is 6.54 Å². The van der Waals surface area contributed by atoms with Gasteiger partial charge in [-0.2, -0.15) is 15.0 Å². The van der Waals surface area contributed by atoms with Crippen molar-refractivity contribution in [3.05, 3.63) is 42.0 Å². The molecule has 0 bridgehead atoms. The molecule has 0 spiro atoms. The molecule has 27 heavy (non-hydrogen) atoms. The minimum atomic E-state index is -0.232. The summed E-state index contributed by atoms with van der Waals surface area (Å²) < 4.78 is 5.18. The molecule has 0 saturated carbocycles. The number of anilines is 1. The zero-order valence-corrected chi connectivity index (χ0v) is 14.9. The lowest BCUT2D eigenvalue weighted by Gasteiger charge is -2.16. The zero-order chi connectivity index (χ0) is 18.6. The number of benzene rings is 1. The average molecular weight is 365 g/mol. The first-order valence-corrected chi connectivity index (χ1v) is 8.76. The summed E-state index contributed by atoms with van der Waals surface area (Å²) >= 11 is 0. The van der Waals surface area contributed by atoms with Crippen LogP contribution in [0, 0.1) is 0 Å². The molecule has 1 aromatic carbocycles. The Kier molecular flexibility index (Phi) is 4.73. The Morgan fingerprint density at radius 2 is 1.89 bits per heavy atom. The van der Waals surface area contributed by atoms with Gasteiger partial charge < -0.3 is 15.0 Å². The molecule has 2 aromatic heterocycles. The molecule has 0 atom stereocenters. The number of carbonyl (C=O) groups is 1. The van der Waals surface area contributed by atoms with Crippen molar-refractivity contribution >= 4 is 22.9 Å². The fraction of sp³-hybridized carbons (Fsp3) is 0.333. The number of carbonyl (C=O) groups excluding carboxylic acids is 1. The van der Waals surface area contributed by atoms with Crippen molar-refractivity contribution in [2.75, 3.05) is 25.1 Å². The highest BCUT2D eigenvalue weighted by molar-refractivity contribution is 5.97. The van der Waals surface area contributed by atoms with Gasteiger partial charge in [-0.3, -0.25) is 14.8 Å². The highest BCUT2D eigenvalue weighted by Crippen LogP contribution is 2.18. The van der Waals surface area contributed by atoms with E-state index in [9.17, 15) is 4.79 Å². The van der Waals surface area contributed by atoms with Gasteiger partial charge >= 0.3 is 6.01 Å². The van der Waals surface area contributed by atoms with Crippen molar-refractivity contribution in [2.24, 2.45) is 0 Å². The number of aromatic nitrogens is 5. The summed E-state index contributed by atoms with van der Waals surface area (Å²) in [6.07, 6.45) is 5.45. The molecule has 9 nitrogen and oxygen atoms in total. The van der Waals surface area contributed by atoms with Crippen molar-refractivity contribution in [3.63, 3.8) is 0 Å². The first kappa shape index (κ1) is 17.1. The van der Waals surface area contributed by atoms with Gasteiger partial charge in [0.15, 0.2) is 5.82 Å². The van der Waals surface area contributed by atoms with E-state index in [0.717, 1.165) is 31.4 Å². The Balaban J connectivity index is 1.49. The Morgan fingerprint density at radius 3 is 2.67 bits per heavy atom. The maximum absolute atomic E-state index is 12.5. The summed E-state index contributed by atoms with van der Waals surface area (Å²) in [4.78, 5) is 36.0. The number of fused-ring (bicyclic) bond motifs is 1. The monoisotopic (exact) mass is 365 g/mol. The van der Waals surface area contributed by atoms with Crippen LogP contribution in [0.25, 0.3) is 11.0 Å². The van der Waals surface area contributed by atoms with Crippen LogP contribution in [0.15, 0.2) is 30.6 Å². The Hall–Kier alpha value is -3.36. The third kappa shape index (κ3) is 3.76. The van der Waals surface area contributed by atoms with E-state index in [-0.39, 0.29) is 18.5 Å². The molecule has 1 N–H and O–H groups in total. The SMILES string of the molecule is COc1nc(CNC(=O)c2ccc3nccnc3c2)nc(N2CCCC2)n1. The molecular formula is C18H19N7O2. The van der Waals surface area contributed by atoms with E-state index in [1.165, 1.54) is 7.11 Å². The van der Waals surface area contributed by atoms with Gasteiger partial charge in [-0.1, -0.05) is 0 Å². The number of hydrogen-bond acceptors (Lipinski definition) is 8. The second-order valence-corrected chi connectivity index (χ2v) is 6.18. The van der Waals surface area contributed by atoms with Crippen LogP contribution in [0.3, 0.4) is 0 Å². The van der Waals surface area contributed by atoms with Crippen molar-refractivity contribution in [1.82, 2.24) is 30.2 Å². The van der Waals surface area contributed by atoms with Crippen molar-refractivity contribution in [2.45, 2.75) is 19.4 Å². The van der Waals surface area contributed by atoms with E-state index in [0.29, 0.717) is 22.9 Å². The number of methoxy groups -OCH3 is 1. The van der Waals surface area contributed by atoms with Crippen LogP contribution in [0.4, 0.5) is 5.95 Å². The number of hydrogen-bond donors (Lipinski definition) is 1. The third-order valence-electron chi connectivity index (χ3n) is 4.36. The largest absolute Gasteiger partial charge is 0.467 e. The second kappa shape index (κ2) is 7.48. The molecule has 0 aliphatic carbocycles. The number of nitrogens with one attached hydrogen (secondary N) is 1. The number of amides is 1. The van der Waals surface area contributed by atoms with E-state index < -0.39 is 0 Å². The lowest BCUT2D eigenvalue weighted by atomic mass is 10.2. The summed E-state index contributed by atoms with van der Waals surface area (Å²) in [6, 6.07) is 5.45. The quantitative estimate of drug-likeness (QED) is 0.722. The van der Waals surface area contributed by atoms with Crippen LogP contribution in [0.5, 0.6) is 6.01 Å². The minimum absolute atomic E-state index is 0.178. The van der Waals surface area contributed by atoms with E-state index in [2.05, 4.69) is 35.1 Å².